The number of hydrogen-bond donors (Lipinski definition) is 0. The van der Waals surface area contributed by atoms with Gasteiger partial charge in [0, 0.05) is 23.4 Å². The molecule has 0 aromatic carbocycles. The Morgan fingerprint density at radius 2 is 1.88 bits per heavy atom. The first-order chi connectivity index (χ1) is 10.8. The Morgan fingerprint density at radius 1 is 1.33 bits per heavy atom. The van der Waals surface area contributed by atoms with Gasteiger partial charge in [0.1, 0.15) is 16.3 Å². The molecule has 1 atom stereocenters. The van der Waals surface area contributed by atoms with E-state index in [4.69, 9.17) is 27.9 Å². The van der Waals surface area contributed by atoms with Crippen LogP contribution < -0.4 is 0 Å². The van der Waals surface area contributed by atoms with Crippen LogP contribution in [0, 0.1) is 19.3 Å². The first kappa shape index (κ1) is 19.1. The van der Waals surface area contributed by atoms with Crippen LogP contribution in [0.5, 0.6) is 0 Å². The minimum Gasteiger partial charge on any atom is -0.457 e. The van der Waals surface area contributed by atoms with Crippen molar-refractivity contribution in [1.82, 2.24) is 4.57 Å². The van der Waals surface area contributed by atoms with Gasteiger partial charge in [0.25, 0.3) is 0 Å². The Balaban J connectivity index is 2.06. The molecule has 0 aliphatic heterocycles. The van der Waals surface area contributed by atoms with Crippen molar-refractivity contribution in [3.05, 3.63) is 23.0 Å². The quantitative estimate of drug-likeness (QED) is 0.437. The number of hydrogen-bond acceptors (Lipinski definition) is 3. The summed E-state index contributed by atoms with van der Waals surface area (Å²) < 4.78 is 42.5. The highest BCUT2D eigenvalue weighted by molar-refractivity contribution is 6.53. The van der Waals surface area contributed by atoms with E-state index in [9.17, 15) is 22.8 Å². The monoisotopic (exact) mass is 385 g/mol. The second-order valence-electron chi connectivity index (χ2n) is 6.20. The van der Waals surface area contributed by atoms with Gasteiger partial charge in [0.15, 0.2) is 6.61 Å². The van der Waals surface area contributed by atoms with Gasteiger partial charge < -0.3 is 9.30 Å². The van der Waals surface area contributed by atoms with Crippen LogP contribution in [0.25, 0.3) is 0 Å². The van der Waals surface area contributed by atoms with E-state index in [0.717, 1.165) is 4.57 Å². The lowest BCUT2D eigenvalue weighted by Crippen LogP contribution is -2.24. The lowest BCUT2D eigenvalue weighted by Gasteiger charge is -2.13. The molecule has 1 aromatic heterocycles. The zero-order chi connectivity index (χ0) is 18.5. The van der Waals surface area contributed by atoms with Gasteiger partial charge in [-0.1, -0.05) is 0 Å². The van der Waals surface area contributed by atoms with Gasteiger partial charge in [-0.3, -0.25) is 9.59 Å². The predicted octanol–water partition coefficient (Wildman–Crippen LogP) is 3.98. The van der Waals surface area contributed by atoms with Gasteiger partial charge in [-0.15, -0.1) is 23.2 Å². The number of ether oxygens (including phenoxy) is 1. The number of halogens is 5. The van der Waals surface area contributed by atoms with Crippen LogP contribution in [0.4, 0.5) is 13.2 Å². The Labute approximate surface area is 146 Å². The maximum Gasteiger partial charge on any atom is 0.406 e. The summed E-state index contributed by atoms with van der Waals surface area (Å²) in [5.74, 6) is -1.28. The molecule has 1 saturated carbocycles. The van der Waals surface area contributed by atoms with Crippen LogP contribution in [0.1, 0.15) is 35.1 Å². The molecule has 1 aromatic rings. The van der Waals surface area contributed by atoms with E-state index >= 15 is 0 Å². The summed E-state index contributed by atoms with van der Waals surface area (Å²) >= 11 is 11.7. The molecule has 0 radical (unpaired) electrons. The Bertz CT molecular complexity index is 697. The molecule has 2 rings (SSSR count). The minimum atomic E-state index is -4.40. The molecule has 134 valence electrons. The summed E-state index contributed by atoms with van der Waals surface area (Å²) in [6, 6.07) is 1.35. The van der Waals surface area contributed by atoms with Crippen LogP contribution in [0.2, 0.25) is 0 Å². The molecule has 1 fully saturated rings. The number of ketones is 1. The van der Waals surface area contributed by atoms with Crippen LogP contribution in [0.3, 0.4) is 0 Å². The smallest absolute Gasteiger partial charge is 0.406 e. The Hall–Kier alpha value is -1.21. The predicted molar refractivity (Wildman–Crippen MR) is 82.4 cm³/mol. The number of aromatic nitrogens is 1. The second kappa shape index (κ2) is 5.95. The SMILES string of the molecule is Cc1cc(C(=O)COC(=O)C2(C)CC2(Cl)Cl)c(C)n1CC(F)(F)F. The molecule has 24 heavy (non-hydrogen) atoms. The van der Waals surface area contributed by atoms with Crippen molar-refractivity contribution in [3.8, 4) is 0 Å². The molecule has 0 spiro atoms. The fraction of sp³-hybridized carbons (Fsp3) is 0.600. The van der Waals surface area contributed by atoms with E-state index in [1.807, 2.05) is 0 Å². The molecule has 1 unspecified atom stereocenters. The summed E-state index contributed by atoms with van der Waals surface area (Å²) in [4.78, 5) is 24.1. The summed E-state index contributed by atoms with van der Waals surface area (Å²) in [6.07, 6.45) is -4.18. The summed E-state index contributed by atoms with van der Waals surface area (Å²) in [5.41, 5.74) is -0.501. The number of nitrogens with zero attached hydrogens (tertiary/aromatic N) is 1. The van der Waals surface area contributed by atoms with Crippen LogP contribution in [-0.2, 0) is 16.1 Å². The lowest BCUT2D eigenvalue weighted by atomic mass is 10.1. The van der Waals surface area contributed by atoms with Crippen molar-refractivity contribution in [2.24, 2.45) is 5.41 Å². The van der Waals surface area contributed by atoms with Gasteiger partial charge in [0.2, 0.25) is 5.78 Å². The highest BCUT2D eigenvalue weighted by atomic mass is 35.5. The molecule has 1 heterocycles. The summed E-state index contributed by atoms with van der Waals surface area (Å²) in [7, 11) is 0. The van der Waals surface area contributed by atoms with Gasteiger partial charge in [-0.25, -0.2) is 0 Å². The molecule has 1 aliphatic carbocycles. The number of rotatable bonds is 5. The van der Waals surface area contributed by atoms with Crippen LogP contribution in [-0.4, -0.2) is 33.4 Å². The molecule has 9 heteroatoms. The van der Waals surface area contributed by atoms with E-state index in [1.165, 1.54) is 26.8 Å². The average molecular weight is 386 g/mol. The molecule has 1 aliphatic rings. The Kier molecular flexibility index (Phi) is 4.74. The van der Waals surface area contributed by atoms with E-state index in [1.54, 1.807) is 0 Å². The van der Waals surface area contributed by atoms with Gasteiger partial charge in [-0.05, 0) is 26.8 Å². The van der Waals surface area contributed by atoms with Crippen molar-refractivity contribution < 1.29 is 27.5 Å². The number of alkyl halides is 5. The van der Waals surface area contributed by atoms with Gasteiger partial charge in [-0.2, -0.15) is 13.2 Å². The van der Waals surface area contributed by atoms with Crippen molar-refractivity contribution in [1.29, 1.82) is 0 Å². The summed E-state index contributed by atoms with van der Waals surface area (Å²) in [5, 5.41) is 0. The van der Waals surface area contributed by atoms with Crippen LogP contribution >= 0.6 is 23.2 Å². The number of esters is 1. The molecule has 0 N–H and O–H groups in total. The molecular weight excluding hydrogens is 370 g/mol. The minimum absolute atomic E-state index is 0.0912. The van der Waals surface area contributed by atoms with Crippen molar-refractivity contribution in [3.63, 3.8) is 0 Å². The molecule has 0 amide bonds. The zero-order valence-corrected chi connectivity index (χ0v) is 14.8. The summed E-state index contributed by atoms with van der Waals surface area (Å²) in [6.45, 7) is 2.65. The van der Waals surface area contributed by atoms with Crippen LogP contribution in [0.15, 0.2) is 6.07 Å². The van der Waals surface area contributed by atoms with Crippen molar-refractivity contribution in [2.45, 2.75) is 44.2 Å². The fourth-order valence-electron chi connectivity index (χ4n) is 2.50. The van der Waals surface area contributed by atoms with Crippen molar-refractivity contribution >= 4 is 35.0 Å². The maximum absolute atomic E-state index is 12.6. The zero-order valence-electron chi connectivity index (χ0n) is 13.3. The second-order valence-corrected chi connectivity index (χ2v) is 7.68. The highest BCUT2D eigenvalue weighted by Crippen LogP contribution is 2.64. The van der Waals surface area contributed by atoms with E-state index in [0.29, 0.717) is 5.69 Å². The van der Waals surface area contributed by atoms with Gasteiger partial charge >= 0.3 is 12.1 Å². The molecular formula is C15H16Cl2F3NO3. The Morgan fingerprint density at radius 3 is 2.33 bits per heavy atom. The standard InChI is InChI=1S/C15H16Cl2F3NO3/c1-8-4-10(9(2)21(8)7-15(18,19)20)11(22)5-24-12(23)13(3)6-14(13,16)17/h4H,5-7H2,1-3H3. The third-order valence-electron chi connectivity index (χ3n) is 4.25. The van der Waals surface area contributed by atoms with Crippen molar-refractivity contribution in [2.75, 3.05) is 6.61 Å². The average Bonchev–Trinajstić information content (AvgIpc) is 2.84. The molecule has 0 saturated heterocycles. The highest BCUT2D eigenvalue weighted by Gasteiger charge is 2.69. The number of Topliss-reactive ketones (excluding diaryl/α,β-unsaturated/α-hetero) is 1. The normalized spacial score (nSPS) is 22.3. The number of carbonyl (C=O) groups excluding carboxylic acids is 2. The lowest BCUT2D eigenvalue weighted by molar-refractivity contribution is -0.148. The van der Waals surface area contributed by atoms with Gasteiger partial charge in [0.05, 0.1) is 0 Å². The number of aryl methyl sites for hydroxylation is 1. The first-order valence-corrected chi connectivity index (χ1v) is 7.86. The topological polar surface area (TPSA) is 48.3 Å². The maximum atomic E-state index is 12.6. The largest absolute Gasteiger partial charge is 0.457 e. The third kappa shape index (κ3) is 3.57. The van der Waals surface area contributed by atoms with E-state index in [-0.39, 0.29) is 17.7 Å². The fourth-order valence-corrected chi connectivity index (χ4v) is 3.18. The van der Waals surface area contributed by atoms with E-state index < -0.39 is 40.8 Å². The molecule has 0 bridgehead atoms. The molecule has 4 nitrogen and oxygen atoms in total. The first-order valence-electron chi connectivity index (χ1n) is 7.10. The number of carbonyl (C=O) groups is 2. The van der Waals surface area contributed by atoms with E-state index in [2.05, 4.69) is 0 Å². The third-order valence-corrected chi connectivity index (χ3v) is 5.36.